The Morgan fingerprint density at radius 1 is 0.947 bits per heavy atom. The summed E-state index contributed by atoms with van der Waals surface area (Å²) in [5.41, 5.74) is 1.50. The molecule has 0 saturated carbocycles. The number of azo groups is 1. The predicted octanol–water partition coefficient (Wildman–Crippen LogP) is 1.77. The molecule has 0 unspecified atom stereocenters. The number of aliphatic imine (C=N–C) groups is 1. The Balaban J connectivity index is 2.16. The molecule has 0 aromatic carbocycles. The molecule has 2 aromatic heterocycles. The third kappa shape index (κ3) is 3.32. The summed E-state index contributed by atoms with van der Waals surface area (Å²) < 4.78 is 0. The van der Waals surface area contributed by atoms with E-state index in [2.05, 4.69) is 41.7 Å². The number of rotatable bonds is 3. The van der Waals surface area contributed by atoms with E-state index in [1.54, 1.807) is 44.2 Å². The van der Waals surface area contributed by atoms with Crippen LogP contribution in [0.3, 0.4) is 0 Å². The zero-order valence-corrected chi connectivity index (χ0v) is 10.3. The first kappa shape index (κ1) is 12.6. The summed E-state index contributed by atoms with van der Waals surface area (Å²) in [6.07, 6.45) is 9.40. The molecule has 7 nitrogen and oxygen atoms in total. The van der Waals surface area contributed by atoms with Gasteiger partial charge in [0.15, 0.2) is 5.84 Å². The molecule has 7 heteroatoms. The van der Waals surface area contributed by atoms with Crippen LogP contribution in [0.4, 0.5) is 0 Å². The molecule has 0 aliphatic rings. The Hall–Kier alpha value is -2.83. The van der Waals surface area contributed by atoms with Gasteiger partial charge in [-0.25, -0.2) is 4.98 Å². The van der Waals surface area contributed by atoms with Crippen LogP contribution in [-0.2, 0) is 0 Å². The van der Waals surface area contributed by atoms with Gasteiger partial charge in [0.1, 0.15) is 17.1 Å². The minimum absolute atomic E-state index is 0.373. The maximum Gasteiger partial charge on any atom is 0.197 e. The lowest BCUT2D eigenvalue weighted by Gasteiger charge is -1.98. The van der Waals surface area contributed by atoms with Crippen LogP contribution < -0.4 is 0 Å². The number of aromatic nitrogens is 4. The van der Waals surface area contributed by atoms with Crippen molar-refractivity contribution in [1.29, 1.82) is 0 Å². The van der Waals surface area contributed by atoms with Crippen LogP contribution in [0.2, 0.25) is 0 Å². The van der Waals surface area contributed by atoms with Crippen molar-refractivity contribution in [3.05, 3.63) is 55.1 Å². The summed E-state index contributed by atoms with van der Waals surface area (Å²) in [5.74, 6) is 0.373. The van der Waals surface area contributed by atoms with Gasteiger partial charge in [0.2, 0.25) is 0 Å². The van der Waals surface area contributed by atoms with Gasteiger partial charge < -0.3 is 0 Å². The molecule has 0 amide bonds. The van der Waals surface area contributed by atoms with E-state index in [1.807, 2.05) is 0 Å². The topological polar surface area (TPSA) is 88.6 Å². The molecule has 0 N–H and O–H groups in total. The van der Waals surface area contributed by atoms with Gasteiger partial charge in [-0.2, -0.15) is 0 Å². The molecule has 19 heavy (non-hydrogen) atoms. The second-order valence-electron chi connectivity index (χ2n) is 3.38. The molecule has 0 radical (unpaired) electrons. The largest absolute Gasteiger partial charge is 0.267 e. The second-order valence-corrected chi connectivity index (χ2v) is 3.38. The van der Waals surface area contributed by atoms with Gasteiger partial charge in [-0.05, 0) is 0 Å². The normalized spacial score (nSPS) is 11.7. The van der Waals surface area contributed by atoms with E-state index in [0.717, 1.165) is 0 Å². The van der Waals surface area contributed by atoms with Gasteiger partial charge >= 0.3 is 0 Å². The molecule has 0 fully saturated rings. The van der Waals surface area contributed by atoms with Gasteiger partial charge in [0.05, 0.1) is 12.4 Å². The molecular formula is C12H11N7. The SMILES string of the molecule is C=C(N=NC(=NC)c1cnccn1)c1cnccn1. The molecule has 94 valence electrons. The zero-order chi connectivity index (χ0) is 13.5. The van der Waals surface area contributed by atoms with E-state index < -0.39 is 0 Å². The van der Waals surface area contributed by atoms with Crippen molar-refractivity contribution in [2.24, 2.45) is 15.2 Å². The van der Waals surface area contributed by atoms with Crippen molar-refractivity contribution in [2.45, 2.75) is 0 Å². The first-order valence-electron chi connectivity index (χ1n) is 5.41. The minimum atomic E-state index is 0.373. The average Bonchev–Trinajstić information content (AvgIpc) is 2.49. The summed E-state index contributed by atoms with van der Waals surface area (Å²) in [7, 11) is 1.61. The van der Waals surface area contributed by atoms with E-state index in [1.165, 1.54) is 0 Å². The highest BCUT2D eigenvalue weighted by Crippen LogP contribution is 2.10. The van der Waals surface area contributed by atoms with Crippen LogP contribution in [0.15, 0.2) is 59.0 Å². The highest BCUT2D eigenvalue weighted by atomic mass is 15.2. The van der Waals surface area contributed by atoms with Crippen molar-refractivity contribution in [1.82, 2.24) is 19.9 Å². The smallest absolute Gasteiger partial charge is 0.197 e. The van der Waals surface area contributed by atoms with E-state index in [0.29, 0.717) is 22.9 Å². The second kappa shape index (κ2) is 6.20. The fraction of sp³-hybridized carbons (Fsp3) is 0.0833. The molecule has 0 bridgehead atoms. The molecule has 0 atom stereocenters. The van der Waals surface area contributed by atoms with Crippen LogP contribution in [-0.4, -0.2) is 32.8 Å². The summed E-state index contributed by atoms with van der Waals surface area (Å²) in [5, 5.41) is 7.97. The van der Waals surface area contributed by atoms with E-state index in [4.69, 9.17) is 0 Å². The number of nitrogens with zero attached hydrogens (tertiary/aromatic N) is 7. The Morgan fingerprint density at radius 3 is 2.11 bits per heavy atom. The molecule has 0 aliphatic carbocycles. The Kier molecular flexibility index (Phi) is 4.12. The van der Waals surface area contributed by atoms with Crippen molar-refractivity contribution < 1.29 is 0 Å². The highest BCUT2D eigenvalue weighted by molar-refractivity contribution is 5.97. The van der Waals surface area contributed by atoms with Gasteiger partial charge in [0, 0.05) is 31.8 Å². The fourth-order valence-electron chi connectivity index (χ4n) is 1.23. The molecule has 0 saturated heterocycles. The number of hydrogen-bond donors (Lipinski definition) is 0. The third-order valence-electron chi connectivity index (χ3n) is 2.13. The van der Waals surface area contributed by atoms with Crippen molar-refractivity contribution in [2.75, 3.05) is 7.05 Å². The Morgan fingerprint density at radius 2 is 1.58 bits per heavy atom. The lowest BCUT2D eigenvalue weighted by molar-refractivity contribution is 1.12. The van der Waals surface area contributed by atoms with Gasteiger partial charge in [-0.1, -0.05) is 6.58 Å². The summed E-state index contributed by atoms with van der Waals surface area (Å²) in [6.45, 7) is 3.77. The van der Waals surface area contributed by atoms with Crippen LogP contribution in [0, 0.1) is 0 Å². The van der Waals surface area contributed by atoms with E-state index >= 15 is 0 Å². The standard InChI is InChI=1S/C12H11N7/c1-9(10-7-14-3-5-16-10)18-19-12(13-2)11-8-15-4-6-17-11/h3-8H,1H2,2H3. The van der Waals surface area contributed by atoms with Crippen LogP contribution >= 0.6 is 0 Å². The van der Waals surface area contributed by atoms with Gasteiger partial charge in [-0.3, -0.25) is 19.9 Å². The van der Waals surface area contributed by atoms with Crippen LogP contribution in [0.1, 0.15) is 11.4 Å². The van der Waals surface area contributed by atoms with E-state index in [-0.39, 0.29) is 0 Å². The zero-order valence-electron chi connectivity index (χ0n) is 10.3. The minimum Gasteiger partial charge on any atom is -0.267 e. The Bertz CT molecular complexity index is 604. The average molecular weight is 253 g/mol. The number of amidine groups is 1. The Labute approximate surface area is 109 Å². The number of hydrogen-bond acceptors (Lipinski definition) is 6. The van der Waals surface area contributed by atoms with Gasteiger partial charge in [-0.15, -0.1) is 10.2 Å². The molecule has 2 heterocycles. The lowest BCUT2D eigenvalue weighted by Crippen LogP contribution is -2.00. The molecule has 2 aromatic rings. The van der Waals surface area contributed by atoms with Crippen molar-refractivity contribution in [3.63, 3.8) is 0 Å². The monoisotopic (exact) mass is 253 g/mol. The maximum absolute atomic E-state index is 4.10. The highest BCUT2D eigenvalue weighted by Gasteiger charge is 2.03. The predicted molar refractivity (Wildman–Crippen MR) is 70.4 cm³/mol. The summed E-state index contributed by atoms with van der Waals surface area (Å²) >= 11 is 0. The lowest BCUT2D eigenvalue weighted by atomic mass is 10.4. The maximum atomic E-state index is 4.10. The molecule has 2 rings (SSSR count). The van der Waals surface area contributed by atoms with E-state index in [9.17, 15) is 0 Å². The van der Waals surface area contributed by atoms with Crippen molar-refractivity contribution in [3.8, 4) is 0 Å². The van der Waals surface area contributed by atoms with Crippen LogP contribution in [0.25, 0.3) is 5.70 Å². The van der Waals surface area contributed by atoms with Gasteiger partial charge in [0.25, 0.3) is 0 Å². The summed E-state index contributed by atoms with van der Waals surface area (Å²) in [6, 6.07) is 0. The van der Waals surface area contributed by atoms with Crippen molar-refractivity contribution >= 4 is 11.5 Å². The fourth-order valence-corrected chi connectivity index (χ4v) is 1.23. The van der Waals surface area contributed by atoms with Crippen LogP contribution in [0.5, 0.6) is 0 Å². The molecule has 0 aliphatic heterocycles. The third-order valence-corrected chi connectivity index (χ3v) is 2.13. The first-order chi connectivity index (χ1) is 9.31. The molecule has 0 spiro atoms. The quantitative estimate of drug-likeness (QED) is 0.473. The summed E-state index contributed by atoms with van der Waals surface area (Å²) in [4.78, 5) is 20.1. The first-order valence-corrected chi connectivity index (χ1v) is 5.41. The molecular weight excluding hydrogens is 242 g/mol.